The van der Waals surface area contributed by atoms with Gasteiger partial charge >= 0.3 is 18.3 Å². The summed E-state index contributed by atoms with van der Waals surface area (Å²) in [5, 5.41) is 8.71. The molecule has 1 fully saturated rings. The fourth-order valence-electron chi connectivity index (χ4n) is 1.69. The van der Waals surface area contributed by atoms with Crippen molar-refractivity contribution >= 4 is 5.97 Å². The Hall–Kier alpha value is -0.850. The molecule has 94 valence electrons. The maximum Gasteiger partial charge on any atom is 0.330 e. The monoisotopic (exact) mass is 244 g/mol. The molecule has 0 radical (unpaired) electrons. The molecule has 1 aliphatic rings. The van der Waals surface area contributed by atoms with E-state index in [9.17, 15) is 22.4 Å². The Balaban J connectivity index is 2.46. The first-order valence-corrected chi connectivity index (χ1v) is 4.85. The number of halogens is 4. The van der Waals surface area contributed by atoms with E-state index in [1.165, 1.54) is 0 Å². The molecular formula is C9H12F4O3. The summed E-state index contributed by atoms with van der Waals surface area (Å²) in [5.74, 6) is -6.22. The third-order valence-corrected chi connectivity index (χ3v) is 2.58. The van der Waals surface area contributed by atoms with Crippen molar-refractivity contribution in [2.45, 2.75) is 37.7 Å². The summed E-state index contributed by atoms with van der Waals surface area (Å²) >= 11 is 0. The van der Waals surface area contributed by atoms with Crippen LogP contribution in [0.5, 0.6) is 0 Å². The maximum absolute atomic E-state index is 12.5. The first kappa shape index (κ1) is 13.2. The van der Waals surface area contributed by atoms with E-state index in [1.807, 2.05) is 0 Å². The Morgan fingerprint density at radius 1 is 1.44 bits per heavy atom. The number of ether oxygens (including phenoxy) is 1. The van der Waals surface area contributed by atoms with Crippen LogP contribution in [0.15, 0.2) is 0 Å². The molecule has 0 aromatic rings. The molecular weight excluding hydrogens is 232 g/mol. The highest BCUT2D eigenvalue weighted by molar-refractivity contribution is 5.71. The van der Waals surface area contributed by atoms with Crippen molar-refractivity contribution in [1.82, 2.24) is 0 Å². The van der Waals surface area contributed by atoms with Gasteiger partial charge in [0.05, 0.1) is 12.0 Å². The van der Waals surface area contributed by atoms with Crippen molar-refractivity contribution in [3.63, 3.8) is 0 Å². The second kappa shape index (κ2) is 4.99. The van der Waals surface area contributed by atoms with Crippen molar-refractivity contribution in [2.75, 3.05) is 6.61 Å². The predicted octanol–water partition coefficient (Wildman–Crippen LogP) is 2.16. The van der Waals surface area contributed by atoms with Crippen LogP contribution < -0.4 is 0 Å². The number of carboxylic acids is 1. The van der Waals surface area contributed by atoms with E-state index in [4.69, 9.17) is 5.11 Å². The average Bonchev–Trinajstić information content (AvgIpc) is 2.62. The molecule has 0 aliphatic heterocycles. The van der Waals surface area contributed by atoms with Crippen LogP contribution in [-0.2, 0) is 9.53 Å². The third-order valence-electron chi connectivity index (χ3n) is 2.58. The zero-order valence-electron chi connectivity index (χ0n) is 8.34. The topological polar surface area (TPSA) is 46.5 Å². The van der Waals surface area contributed by atoms with E-state index in [-0.39, 0.29) is 0 Å². The molecule has 3 nitrogen and oxygen atoms in total. The molecule has 0 amide bonds. The SMILES string of the molecule is O=C(O)C1CCCC1OCC(F)(F)C(F)F. The van der Waals surface area contributed by atoms with E-state index in [2.05, 4.69) is 4.74 Å². The van der Waals surface area contributed by atoms with Crippen LogP contribution in [-0.4, -0.2) is 36.1 Å². The molecule has 0 aromatic carbocycles. The minimum absolute atomic E-state index is 0.316. The molecule has 16 heavy (non-hydrogen) atoms. The first-order chi connectivity index (χ1) is 7.34. The lowest BCUT2D eigenvalue weighted by Gasteiger charge is -2.21. The van der Waals surface area contributed by atoms with E-state index in [1.54, 1.807) is 0 Å². The van der Waals surface area contributed by atoms with Gasteiger partial charge in [0.1, 0.15) is 6.61 Å². The normalized spacial score (nSPS) is 26.3. The van der Waals surface area contributed by atoms with Crippen LogP contribution in [0.2, 0.25) is 0 Å². The van der Waals surface area contributed by atoms with Gasteiger partial charge in [0.15, 0.2) is 0 Å². The fraction of sp³-hybridized carbons (Fsp3) is 0.889. The highest BCUT2D eigenvalue weighted by atomic mass is 19.3. The Kier molecular flexibility index (Phi) is 4.12. The summed E-state index contributed by atoms with van der Waals surface area (Å²) in [6.07, 6.45) is -3.49. The summed E-state index contributed by atoms with van der Waals surface area (Å²) in [6, 6.07) is 0. The lowest BCUT2D eigenvalue weighted by Crippen LogP contribution is -2.36. The molecule has 2 atom stereocenters. The van der Waals surface area contributed by atoms with Gasteiger partial charge < -0.3 is 9.84 Å². The number of aliphatic carboxylic acids is 1. The lowest BCUT2D eigenvalue weighted by atomic mass is 10.1. The molecule has 2 unspecified atom stereocenters. The summed E-state index contributed by atoms with van der Waals surface area (Å²) in [5.41, 5.74) is 0. The number of rotatable bonds is 5. The zero-order chi connectivity index (χ0) is 12.3. The van der Waals surface area contributed by atoms with Gasteiger partial charge in [-0.25, -0.2) is 8.78 Å². The van der Waals surface area contributed by atoms with Crippen LogP contribution in [0, 0.1) is 5.92 Å². The minimum atomic E-state index is -4.22. The molecule has 0 saturated heterocycles. The quantitative estimate of drug-likeness (QED) is 0.754. The lowest BCUT2D eigenvalue weighted by molar-refractivity contribution is -0.182. The van der Waals surface area contributed by atoms with Gasteiger partial charge in [0.25, 0.3) is 0 Å². The maximum atomic E-state index is 12.5. The van der Waals surface area contributed by atoms with Gasteiger partial charge in [0, 0.05) is 0 Å². The smallest absolute Gasteiger partial charge is 0.330 e. The third kappa shape index (κ3) is 3.07. The number of carboxylic acid groups (broad SMARTS) is 1. The zero-order valence-corrected chi connectivity index (χ0v) is 8.34. The molecule has 1 saturated carbocycles. The van der Waals surface area contributed by atoms with Gasteiger partial charge in [-0.15, -0.1) is 0 Å². The van der Waals surface area contributed by atoms with Crippen molar-refractivity contribution < 1.29 is 32.2 Å². The van der Waals surface area contributed by atoms with Crippen molar-refractivity contribution in [1.29, 1.82) is 0 Å². The van der Waals surface area contributed by atoms with Crippen molar-refractivity contribution in [2.24, 2.45) is 5.92 Å². The largest absolute Gasteiger partial charge is 0.481 e. The Morgan fingerprint density at radius 2 is 2.06 bits per heavy atom. The summed E-state index contributed by atoms with van der Waals surface area (Å²) in [6.45, 7) is -1.43. The number of hydrogen-bond acceptors (Lipinski definition) is 2. The van der Waals surface area contributed by atoms with Gasteiger partial charge in [-0.2, -0.15) is 8.78 Å². The second-order valence-electron chi connectivity index (χ2n) is 3.79. The minimum Gasteiger partial charge on any atom is -0.481 e. The molecule has 0 spiro atoms. The van der Waals surface area contributed by atoms with E-state index < -0.39 is 36.9 Å². The molecule has 1 rings (SSSR count). The van der Waals surface area contributed by atoms with Gasteiger partial charge in [-0.05, 0) is 19.3 Å². The van der Waals surface area contributed by atoms with Gasteiger partial charge in [-0.3, -0.25) is 4.79 Å². The van der Waals surface area contributed by atoms with E-state index >= 15 is 0 Å². The standard InChI is InChI=1S/C9H12F4O3/c10-8(11)9(12,13)4-16-6-3-1-2-5(6)7(14)15/h5-6,8H,1-4H2,(H,14,15). The van der Waals surface area contributed by atoms with Crippen LogP contribution in [0.25, 0.3) is 0 Å². The first-order valence-electron chi connectivity index (χ1n) is 4.85. The van der Waals surface area contributed by atoms with Crippen LogP contribution in [0.1, 0.15) is 19.3 Å². The van der Waals surface area contributed by atoms with E-state index in [0.717, 1.165) is 0 Å². The molecule has 0 aromatic heterocycles. The number of carbonyl (C=O) groups is 1. The Labute approximate surface area is 89.4 Å². The number of alkyl halides is 4. The van der Waals surface area contributed by atoms with E-state index in [0.29, 0.717) is 19.3 Å². The summed E-state index contributed by atoms with van der Waals surface area (Å²) in [7, 11) is 0. The fourth-order valence-corrected chi connectivity index (χ4v) is 1.69. The average molecular weight is 244 g/mol. The summed E-state index contributed by atoms with van der Waals surface area (Å²) in [4.78, 5) is 10.7. The highest BCUT2D eigenvalue weighted by Gasteiger charge is 2.43. The van der Waals surface area contributed by atoms with Crippen LogP contribution in [0.4, 0.5) is 17.6 Å². The molecule has 7 heteroatoms. The Morgan fingerprint density at radius 3 is 2.56 bits per heavy atom. The van der Waals surface area contributed by atoms with Gasteiger partial charge in [0.2, 0.25) is 0 Å². The molecule has 1 aliphatic carbocycles. The van der Waals surface area contributed by atoms with Gasteiger partial charge in [-0.1, -0.05) is 0 Å². The van der Waals surface area contributed by atoms with Crippen LogP contribution >= 0.6 is 0 Å². The van der Waals surface area contributed by atoms with Crippen LogP contribution in [0.3, 0.4) is 0 Å². The number of hydrogen-bond donors (Lipinski definition) is 1. The van der Waals surface area contributed by atoms with Crippen molar-refractivity contribution in [3.05, 3.63) is 0 Å². The molecule has 0 heterocycles. The Bertz CT molecular complexity index is 257. The second-order valence-corrected chi connectivity index (χ2v) is 3.79. The molecule has 1 N–H and O–H groups in total. The summed E-state index contributed by atoms with van der Waals surface area (Å²) < 4.78 is 53.2. The van der Waals surface area contributed by atoms with Crippen molar-refractivity contribution in [3.8, 4) is 0 Å². The molecule has 0 bridgehead atoms. The highest BCUT2D eigenvalue weighted by Crippen LogP contribution is 2.31. The predicted molar refractivity (Wildman–Crippen MR) is 45.7 cm³/mol.